The maximum Gasteiger partial charge on any atom is 0.242 e. The minimum atomic E-state index is -0.0112. The van der Waals surface area contributed by atoms with Gasteiger partial charge in [0.05, 0.1) is 6.61 Å². The third-order valence-corrected chi connectivity index (χ3v) is 3.05. The van der Waals surface area contributed by atoms with Crippen LogP contribution in [-0.4, -0.2) is 50.8 Å². The third kappa shape index (κ3) is 12.0. The summed E-state index contributed by atoms with van der Waals surface area (Å²) in [7, 11) is 0. The van der Waals surface area contributed by atoms with Crippen molar-refractivity contribution < 1.29 is 9.53 Å². The van der Waals surface area contributed by atoms with Crippen LogP contribution >= 0.6 is 24.0 Å². The van der Waals surface area contributed by atoms with Crippen LogP contribution in [-0.2, 0) is 9.53 Å². The minimum absolute atomic E-state index is 0. The molecule has 1 aliphatic carbocycles. The lowest BCUT2D eigenvalue weighted by Gasteiger charge is -2.12. The van der Waals surface area contributed by atoms with E-state index in [2.05, 4.69) is 34.8 Å². The highest BCUT2D eigenvalue weighted by Crippen LogP contribution is 2.18. The molecule has 0 heterocycles. The molecule has 0 saturated heterocycles. The molecular weight excluding hydrogens is 395 g/mol. The number of guanidine groups is 1. The van der Waals surface area contributed by atoms with E-state index in [1.165, 1.54) is 0 Å². The van der Waals surface area contributed by atoms with E-state index in [1.54, 1.807) is 0 Å². The van der Waals surface area contributed by atoms with Crippen LogP contribution in [0.25, 0.3) is 0 Å². The van der Waals surface area contributed by atoms with Crippen LogP contribution in [0.4, 0.5) is 0 Å². The number of carbonyl (C=O) groups excluding carboxylic acids is 1. The molecule has 0 bridgehead atoms. The fourth-order valence-electron chi connectivity index (χ4n) is 1.66. The zero-order valence-corrected chi connectivity index (χ0v) is 16.3. The first kappa shape index (κ1) is 21.4. The third-order valence-electron chi connectivity index (χ3n) is 3.05. The van der Waals surface area contributed by atoms with Gasteiger partial charge in [0.15, 0.2) is 5.96 Å². The maximum atomic E-state index is 11.6. The van der Waals surface area contributed by atoms with Crippen molar-refractivity contribution in [2.75, 3.05) is 32.8 Å². The van der Waals surface area contributed by atoms with Crippen LogP contribution in [0.5, 0.6) is 0 Å². The Hall–Kier alpha value is -0.570. The van der Waals surface area contributed by atoms with Gasteiger partial charge >= 0.3 is 0 Å². The first-order valence-electron chi connectivity index (χ1n) is 8.01. The highest BCUT2D eigenvalue weighted by molar-refractivity contribution is 14.0. The van der Waals surface area contributed by atoms with E-state index in [4.69, 9.17) is 4.74 Å². The Labute approximate surface area is 151 Å². The number of halogens is 1. The molecule has 0 radical (unpaired) electrons. The summed E-state index contributed by atoms with van der Waals surface area (Å²) in [6.07, 6.45) is 3.28. The normalized spacial score (nSPS) is 14.5. The Kier molecular flexibility index (Phi) is 12.6. The van der Waals surface area contributed by atoms with Crippen molar-refractivity contribution in [1.29, 1.82) is 0 Å². The van der Waals surface area contributed by atoms with E-state index in [-0.39, 0.29) is 36.4 Å². The lowest BCUT2D eigenvalue weighted by Crippen LogP contribution is -2.40. The number of nitrogens with one attached hydrogen (secondary N) is 3. The fraction of sp³-hybridized carbons (Fsp3) is 0.867. The van der Waals surface area contributed by atoms with Gasteiger partial charge in [-0.3, -0.25) is 4.79 Å². The molecule has 6 nitrogen and oxygen atoms in total. The van der Waals surface area contributed by atoms with Crippen molar-refractivity contribution in [3.8, 4) is 0 Å². The molecule has 1 fully saturated rings. The molecular formula is C15H31IN4O2. The van der Waals surface area contributed by atoms with E-state index in [9.17, 15) is 4.79 Å². The average molecular weight is 426 g/mol. The van der Waals surface area contributed by atoms with Crippen LogP contribution in [0, 0.1) is 5.92 Å². The van der Waals surface area contributed by atoms with Gasteiger partial charge in [0.25, 0.3) is 0 Å². The highest BCUT2D eigenvalue weighted by atomic mass is 127. The van der Waals surface area contributed by atoms with Crippen LogP contribution in [0.1, 0.15) is 40.0 Å². The van der Waals surface area contributed by atoms with Crippen molar-refractivity contribution in [3.63, 3.8) is 0 Å². The molecule has 22 heavy (non-hydrogen) atoms. The molecule has 0 aliphatic heterocycles. The Morgan fingerprint density at radius 2 is 2.00 bits per heavy atom. The maximum absolute atomic E-state index is 11.6. The summed E-state index contributed by atoms with van der Waals surface area (Å²) in [5.41, 5.74) is 0. The minimum Gasteiger partial charge on any atom is -0.380 e. The second-order valence-corrected chi connectivity index (χ2v) is 5.76. The zero-order valence-electron chi connectivity index (χ0n) is 14.0. The van der Waals surface area contributed by atoms with Gasteiger partial charge < -0.3 is 20.7 Å². The molecule has 1 aliphatic rings. The monoisotopic (exact) mass is 426 g/mol. The van der Waals surface area contributed by atoms with Crippen molar-refractivity contribution in [3.05, 3.63) is 0 Å². The highest BCUT2D eigenvalue weighted by Gasteiger charge is 2.22. The van der Waals surface area contributed by atoms with Gasteiger partial charge in [-0.05, 0) is 32.1 Å². The number of aliphatic imine (C=N–C) groups is 1. The second-order valence-electron chi connectivity index (χ2n) is 5.76. The average Bonchev–Trinajstić information content (AvgIpc) is 3.23. The predicted molar refractivity (Wildman–Crippen MR) is 101 cm³/mol. The summed E-state index contributed by atoms with van der Waals surface area (Å²) in [6.45, 7) is 9.43. The van der Waals surface area contributed by atoms with E-state index >= 15 is 0 Å². The van der Waals surface area contributed by atoms with Crippen molar-refractivity contribution in [2.45, 2.75) is 46.1 Å². The molecule has 0 aromatic rings. The number of carbonyl (C=O) groups is 1. The first-order chi connectivity index (χ1) is 10.1. The van der Waals surface area contributed by atoms with Gasteiger partial charge in [0.2, 0.25) is 5.91 Å². The molecule has 0 spiro atoms. The van der Waals surface area contributed by atoms with E-state index < -0.39 is 0 Å². The largest absolute Gasteiger partial charge is 0.380 e. The van der Waals surface area contributed by atoms with Crippen LogP contribution in [0.15, 0.2) is 4.99 Å². The Morgan fingerprint density at radius 1 is 1.27 bits per heavy atom. The summed E-state index contributed by atoms with van der Waals surface area (Å²) in [4.78, 5) is 15.8. The van der Waals surface area contributed by atoms with Crippen molar-refractivity contribution >= 4 is 35.8 Å². The number of rotatable bonds is 10. The van der Waals surface area contributed by atoms with Crippen molar-refractivity contribution in [2.24, 2.45) is 10.9 Å². The summed E-state index contributed by atoms with van der Waals surface area (Å²) in [5.74, 6) is 1.32. The molecule has 7 heteroatoms. The predicted octanol–water partition coefficient (Wildman–Crippen LogP) is 1.50. The first-order valence-corrected chi connectivity index (χ1v) is 8.01. The van der Waals surface area contributed by atoms with Gasteiger partial charge in [-0.1, -0.05) is 13.8 Å². The number of amides is 1. The number of hydrogen-bond acceptors (Lipinski definition) is 3. The van der Waals surface area contributed by atoms with Crippen LogP contribution in [0.3, 0.4) is 0 Å². The smallest absolute Gasteiger partial charge is 0.242 e. The van der Waals surface area contributed by atoms with Gasteiger partial charge in [0.1, 0.15) is 6.54 Å². The lowest BCUT2D eigenvalue weighted by atomic mass is 10.1. The molecule has 1 saturated carbocycles. The Balaban J connectivity index is 0.00000441. The van der Waals surface area contributed by atoms with Crippen LogP contribution < -0.4 is 16.0 Å². The summed E-state index contributed by atoms with van der Waals surface area (Å²) in [6, 6.07) is 0.387. The lowest BCUT2D eigenvalue weighted by molar-refractivity contribution is -0.119. The molecule has 0 unspecified atom stereocenters. The fourth-order valence-corrected chi connectivity index (χ4v) is 1.66. The standard InChI is InChI=1S/C15H30N4O2.HI/c1-4-16-15(17-8-10-21-9-7-12(2)3)18-11-14(20)19-13-5-6-13;/h12-13H,4-11H2,1-3H3,(H,19,20)(H2,16,17,18);1H. The molecule has 3 N–H and O–H groups in total. The quantitative estimate of drug-likeness (QED) is 0.214. The zero-order chi connectivity index (χ0) is 15.5. The molecule has 0 aromatic heterocycles. The number of nitrogens with zero attached hydrogens (tertiary/aromatic N) is 1. The van der Waals surface area contributed by atoms with E-state index in [1.807, 2.05) is 6.92 Å². The Bertz CT molecular complexity index is 334. The molecule has 0 aromatic carbocycles. The summed E-state index contributed by atoms with van der Waals surface area (Å²) >= 11 is 0. The van der Waals surface area contributed by atoms with Gasteiger partial charge in [-0.15, -0.1) is 24.0 Å². The number of hydrogen-bond donors (Lipinski definition) is 3. The van der Waals surface area contributed by atoms with Gasteiger partial charge in [0, 0.05) is 25.7 Å². The van der Waals surface area contributed by atoms with E-state index in [0.717, 1.165) is 32.4 Å². The Morgan fingerprint density at radius 3 is 2.59 bits per heavy atom. The van der Waals surface area contributed by atoms with Crippen molar-refractivity contribution in [1.82, 2.24) is 16.0 Å². The summed E-state index contributed by atoms with van der Waals surface area (Å²) in [5, 5.41) is 9.21. The van der Waals surface area contributed by atoms with E-state index in [0.29, 0.717) is 31.1 Å². The molecule has 0 atom stereocenters. The van der Waals surface area contributed by atoms with Gasteiger partial charge in [-0.2, -0.15) is 0 Å². The second kappa shape index (κ2) is 12.9. The van der Waals surface area contributed by atoms with Crippen LogP contribution in [0.2, 0.25) is 0 Å². The number of ether oxygens (including phenoxy) is 1. The van der Waals surface area contributed by atoms with Gasteiger partial charge in [-0.25, -0.2) is 4.99 Å². The SMILES string of the molecule is CCNC(=NCC(=O)NC1CC1)NCCOCCC(C)C.I. The topological polar surface area (TPSA) is 74.8 Å². The summed E-state index contributed by atoms with van der Waals surface area (Å²) < 4.78 is 5.53. The molecule has 1 amide bonds. The molecule has 1 rings (SSSR count). The molecule has 130 valence electrons.